The fraction of sp³-hybridized carbons (Fsp3) is 0.567. The summed E-state index contributed by atoms with van der Waals surface area (Å²) in [6.07, 6.45) is -0.521. The largest absolute Gasteiger partial charge is 0.419 e. The van der Waals surface area contributed by atoms with Gasteiger partial charge in [0.25, 0.3) is 0 Å². The van der Waals surface area contributed by atoms with Gasteiger partial charge >= 0.3 is 6.18 Å². The van der Waals surface area contributed by atoms with E-state index in [-0.39, 0.29) is 18.2 Å². The molecule has 0 saturated carbocycles. The van der Waals surface area contributed by atoms with Gasteiger partial charge in [-0.05, 0) is 100 Å². The maximum absolute atomic E-state index is 14.0. The second-order valence-corrected chi connectivity index (χ2v) is 14.4. The van der Waals surface area contributed by atoms with E-state index < -0.39 is 38.9 Å². The molecule has 42 heavy (non-hydrogen) atoms. The van der Waals surface area contributed by atoms with Gasteiger partial charge in [-0.25, -0.2) is 17.1 Å². The van der Waals surface area contributed by atoms with Gasteiger partial charge in [0.15, 0.2) is 0 Å². The number of Topliss-reactive ketones (excluding diaryl/α,β-unsaturated/α-hetero) is 1. The van der Waals surface area contributed by atoms with Crippen LogP contribution < -0.4 is 0 Å². The van der Waals surface area contributed by atoms with Gasteiger partial charge in [-0.3, -0.25) is 4.79 Å². The van der Waals surface area contributed by atoms with E-state index in [1.54, 1.807) is 25.2 Å². The van der Waals surface area contributed by atoms with Gasteiger partial charge in [0.05, 0.1) is 27.3 Å². The first-order valence-electron chi connectivity index (χ1n) is 13.9. The average Bonchev–Trinajstić information content (AvgIpc) is 2.92. The number of aryl methyl sites for hydroxylation is 1. The van der Waals surface area contributed by atoms with Crippen LogP contribution in [0.3, 0.4) is 0 Å². The van der Waals surface area contributed by atoms with E-state index in [2.05, 4.69) is 4.90 Å². The summed E-state index contributed by atoms with van der Waals surface area (Å²) < 4.78 is 78.3. The average molecular weight is 654 g/mol. The highest BCUT2D eigenvalue weighted by atomic mass is 35.5. The molecule has 0 spiro atoms. The maximum Gasteiger partial charge on any atom is 0.419 e. The van der Waals surface area contributed by atoms with Crippen molar-refractivity contribution < 1.29 is 30.8 Å². The van der Waals surface area contributed by atoms with E-state index in [0.717, 1.165) is 17.7 Å². The van der Waals surface area contributed by atoms with Crippen LogP contribution in [0.5, 0.6) is 0 Å². The standard InChI is InChI=1S/C30H38Cl2F4N2O3S/c1-20(6-5-7-21-8-11-27(33)24(18-21)30(34,35)36)28(39)29(2,22-9-10-25(31)26(32)19-22)14-17-38-15-12-23(13-16-38)37(3)42(4,40)41/h8-11,18-20,23H,5-7,12-17H2,1-4H3. The van der Waals surface area contributed by atoms with Gasteiger partial charge in [0.2, 0.25) is 10.0 Å². The number of rotatable bonds is 12. The summed E-state index contributed by atoms with van der Waals surface area (Å²) in [5, 5.41) is 0.708. The van der Waals surface area contributed by atoms with Crippen molar-refractivity contribution >= 4 is 39.0 Å². The molecule has 0 radical (unpaired) electrons. The molecule has 1 aliphatic heterocycles. The number of likely N-dealkylation sites (tertiary alicyclic amines) is 1. The molecule has 1 fully saturated rings. The Morgan fingerprint density at radius 3 is 2.31 bits per heavy atom. The number of alkyl halides is 3. The van der Waals surface area contributed by atoms with E-state index in [9.17, 15) is 30.8 Å². The van der Waals surface area contributed by atoms with E-state index in [0.29, 0.717) is 67.3 Å². The molecule has 0 amide bonds. The lowest BCUT2D eigenvalue weighted by molar-refractivity contribution is -0.140. The summed E-state index contributed by atoms with van der Waals surface area (Å²) in [7, 11) is -1.68. The van der Waals surface area contributed by atoms with Crippen LogP contribution in [0.25, 0.3) is 0 Å². The van der Waals surface area contributed by atoms with Crippen molar-refractivity contribution in [2.75, 3.05) is 32.9 Å². The summed E-state index contributed by atoms with van der Waals surface area (Å²) >= 11 is 12.5. The monoisotopic (exact) mass is 652 g/mol. The zero-order valence-electron chi connectivity index (χ0n) is 24.3. The Bertz CT molecular complexity index is 1360. The lowest BCUT2D eigenvalue weighted by Gasteiger charge is -2.38. The Morgan fingerprint density at radius 2 is 1.74 bits per heavy atom. The molecule has 234 valence electrons. The highest BCUT2D eigenvalue weighted by molar-refractivity contribution is 7.88. The first kappa shape index (κ1) is 34.8. The molecule has 2 aromatic rings. The minimum atomic E-state index is -4.77. The van der Waals surface area contributed by atoms with Gasteiger partial charge in [-0.1, -0.05) is 42.3 Å². The molecule has 0 aromatic heterocycles. The quantitative estimate of drug-likeness (QED) is 0.225. The second kappa shape index (κ2) is 13.9. The molecule has 5 nitrogen and oxygen atoms in total. The molecule has 1 heterocycles. The van der Waals surface area contributed by atoms with Gasteiger partial charge in [0, 0.05) is 19.0 Å². The number of hydrogen-bond donors (Lipinski definition) is 0. The van der Waals surface area contributed by atoms with E-state index >= 15 is 0 Å². The normalized spacial score (nSPS) is 17.8. The third kappa shape index (κ3) is 8.68. The fourth-order valence-electron chi connectivity index (χ4n) is 5.64. The lowest BCUT2D eigenvalue weighted by atomic mass is 9.71. The summed E-state index contributed by atoms with van der Waals surface area (Å²) in [6, 6.07) is 8.10. The molecule has 0 bridgehead atoms. The SMILES string of the molecule is CC(CCCc1ccc(F)c(C(F)(F)F)c1)C(=O)C(C)(CCN1CCC(N(C)S(C)(=O)=O)CC1)c1ccc(Cl)c(Cl)c1. The predicted molar refractivity (Wildman–Crippen MR) is 159 cm³/mol. The Balaban J connectivity index is 1.70. The number of carbonyl (C=O) groups is 1. The van der Waals surface area contributed by atoms with Crippen LogP contribution in [-0.4, -0.2) is 62.4 Å². The molecule has 1 saturated heterocycles. The fourth-order valence-corrected chi connectivity index (χ4v) is 6.69. The first-order chi connectivity index (χ1) is 19.4. The van der Waals surface area contributed by atoms with Crippen LogP contribution in [0.2, 0.25) is 10.0 Å². The minimum absolute atomic E-state index is 0.0114. The number of nitrogens with zero attached hydrogens (tertiary/aromatic N) is 2. The summed E-state index contributed by atoms with van der Waals surface area (Å²) in [4.78, 5) is 16.2. The number of ketones is 1. The number of carbonyl (C=O) groups excluding carboxylic acids is 1. The number of benzene rings is 2. The molecule has 1 aliphatic rings. The van der Waals surface area contributed by atoms with Crippen LogP contribution in [-0.2, 0) is 32.8 Å². The van der Waals surface area contributed by atoms with Crippen molar-refractivity contribution in [2.24, 2.45) is 5.92 Å². The highest BCUT2D eigenvalue weighted by Gasteiger charge is 2.39. The van der Waals surface area contributed by atoms with Gasteiger partial charge in [0.1, 0.15) is 11.6 Å². The third-order valence-corrected chi connectivity index (χ3v) is 10.6. The van der Waals surface area contributed by atoms with E-state index in [1.165, 1.54) is 16.6 Å². The van der Waals surface area contributed by atoms with Crippen molar-refractivity contribution in [1.29, 1.82) is 0 Å². The molecular formula is C30H38Cl2F4N2O3S. The zero-order chi connectivity index (χ0) is 31.5. The van der Waals surface area contributed by atoms with Crippen LogP contribution >= 0.6 is 23.2 Å². The van der Waals surface area contributed by atoms with E-state index in [4.69, 9.17) is 23.2 Å². The smallest absolute Gasteiger partial charge is 0.303 e. The predicted octanol–water partition coefficient (Wildman–Crippen LogP) is 7.38. The van der Waals surface area contributed by atoms with Crippen LogP contribution in [0, 0.1) is 11.7 Å². The van der Waals surface area contributed by atoms with Crippen molar-refractivity contribution in [1.82, 2.24) is 9.21 Å². The molecular weight excluding hydrogens is 615 g/mol. The van der Waals surface area contributed by atoms with Crippen molar-refractivity contribution in [3.8, 4) is 0 Å². The second-order valence-electron chi connectivity index (χ2n) is 11.5. The van der Waals surface area contributed by atoms with Crippen LogP contribution in [0.15, 0.2) is 36.4 Å². The van der Waals surface area contributed by atoms with Crippen molar-refractivity contribution in [3.05, 3.63) is 69.0 Å². The maximum atomic E-state index is 14.0. The minimum Gasteiger partial charge on any atom is -0.303 e. The highest BCUT2D eigenvalue weighted by Crippen LogP contribution is 2.37. The molecule has 2 atom stereocenters. The summed E-state index contributed by atoms with van der Waals surface area (Å²) in [5.41, 5.74) is -1.11. The number of halogens is 6. The number of piperidine rings is 1. The number of hydrogen-bond acceptors (Lipinski definition) is 4. The molecule has 2 aromatic carbocycles. The van der Waals surface area contributed by atoms with Gasteiger partial charge < -0.3 is 4.90 Å². The van der Waals surface area contributed by atoms with Crippen molar-refractivity contribution in [3.63, 3.8) is 0 Å². The van der Waals surface area contributed by atoms with E-state index in [1.807, 2.05) is 13.8 Å². The van der Waals surface area contributed by atoms with Crippen LogP contribution in [0.1, 0.15) is 62.6 Å². The molecule has 0 aliphatic carbocycles. The zero-order valence-corrected chi connectivity index (χ0v) is 26.6. The number of sulfonamides is 1. The Morgan fingerprint density at radius 1 is 1.10 bits per heavy atom. The molecule has 12 heteroatoms. The Kier molecular flexibility index (Phi) is 11.5. The Labute approximate surface area is 256 Å². The van der Waals surface area contributed by atoms with Crippen LogP contribution in [0.4, 0.5) is 17.6 Å². The molecule has 3 rings (SSSR count). The topological polar surface area (TPSA) is 57.7 Å². The Hall–Kier alpha value is -1.72. The van der Waals surface area contributed by atoms with Crippen molar-refractivity contribution in [2.45, 2.75) is 70.0 Å². The first-order valence-corrected chi connectivity index (χ1v) is 16.5. The summed E-state index contributed by atoms with van der Waals surface area (Å²) in [5.74, 6) is -1.72. The lowest BCUT2D eigenvalue weighted by Crippen LogP contribution is -2.47. The molecule has 0 N–H and O–H groups in total. The van der Waals surface area contributed by atoms with Gasteiger partial charge in [-0.2, -0.15) is 13.2 Å². The third-order valence-electron chi connectivity index (χ3n) is 8.51. The van der Waals surface area contributed by atoms with Gasteiger partial charge in [-0.15, -0.1) is 0 Å². The summed E-state index contributed by atoms with van der Waals surface area (Å²) in [6.45, 7) is 5.70. The molecule has 2 unspecified atom stereocenters.